The van der Waals surface area contributed by atoms with E-state index in [0.717, 1.165) is 49.2 Å². The summed E-state index contributed by atoms with van der Waals surface area (Å²) in [6.07, 6.45) is 4.03. The fraction of sp³-hybridized carbons (Fsp3) is 0.529. The van der Waals surface area contributed by atoms with Gasteiger partial charge in [0.05, 0.1) is 0 Å². The number of anilines is 2. The Morgan fingerprint density at radius 1 is 1.29 bits per heavy atom. The molecule has 1 aromatic carbocycles. The van der Waals surface area contributed by atoms with Gasteiger partial charge in [-0.15, -0.1) is 0 Å². The minimum Gasteiger partial charge on any atom is -0.326 e. The normalized spacial score (nSPS) is 17.6. The molecule has 4 nitrogen and oxygen atoms in total. The van der Waals surface area contributed by atoms with Gasteiger partial charge in [-0.25, -0.2) is 0 Å². The van der Waals surface area contributed by atoms with Crippen molar-refractivity contribution in [1.82, 2.24) is 0 Å². The standard InChI is InChI=1S/C17H22N2O2/c1-11(2)16(20)18-14-7-8-15-13(10-14)4-3-9-19(15)17(21)12-5-6-12/h7-8,10-12H,3-6,9H2,1-2H3,(H,18,20). The average molecular weight is 286 g/mol. The molecule has 2 aliphatic rings. The molecule has 1 saturated carbocycles. The Bertz CT molecular complexity index is 576. The second-order valence-electron chi connectivity index (χ2n) is 6.36. The molecule has 0 bridgehead atoms. The largest absolute Gasteiger partial charge is 0.326 e. The average Bonchev–Trinajstić information content (AvgIpc) is 3.30. The molecular formula is C17H22N2O2. The first-order valence-corrected chi connectivity index (χ1v) is 7.81. The van der Waals surface area contributed by atoms with Crippen LogP contribution in [0.1, 0.15) is 38.7 Å². The van der Waals surface area contributed by atoms with E-state index in [1.165, 1.54) is 0 Å². The number of hydrogen-bond donors (Lipinski definition) is 1. The molecule has 3 rings (SSSR count). The molecule has 0 radical (unpaired) electrons. The van der Waals surface area contributed by atoms with Crippen LogP contribution in [0.3, 0.4) is 0 Å². The number of nitrogens with one attached hydrogen (secondary N) is 1. The van der Waals surface area contributed by atoms with Crippen LogP contribution in [0.5, 0.6) is 0 Å². The van der Waals surface area contributed by atoms with E-state index in [4.69, 9.17) is 0 Å². The number of fused-ring (bicyclic) bond motifs is 1. The first-order valence-electron chi connectivity index (χ1n) is 7.81. The summed E-state index contributed by atoms with van der Waals surface area (Å²) in [5.74, 6) is 0.511. The quantitative estimate of drug-likeness (QED) is 0.928. The molecule has 0 atom stereocenters. The maximum Gasteiger partial charge on any atom is 0.230 e. The van der Waals surface area contributed by atoms with Crippen LogP contribution in [0.2, 0.25) is 0 Å². The predicted molar refractivity (Wildman–Crippen MR) is 83.3 cm³/mol. The van der Waals surface area contributed by atoms with Gasteiger partial charge in [0, 0.05) is 29.8 Å². The fourth-order valence-electron chi connectivity index (χ4n) is 2.74. The number of carbonyl (C=O) groups is 2. The molecule has 1 aromatic rings. The van der Waals surface area contributed by atoms with Crippen molar-refractivity contribution in [3.8, 4) is 0 Å². The summed E-state index contributed by atoms with van der Waals surface area (Å²) in [4.78, 5) is 26.0. The van der Waals surface area contributed by atoms with E-state index >= 15 is 0 Å². The van der Waals surface area contributed by atoms with Gasteiger partial charge in [-0.05, 0) is 49.4 Å². The van der Waals surface area contributed by atoms with Crippen LogP contribution in [-0.4, -0.2) is 18.4 Å². The maximum atomic E-state index is 12.3. The highest BCUT2D eigenvalue weighted by molar-refractivity contribution is 5.98. The molecule has 1 aliphatic carbocycles. The van der Waals surface area contributed by atoms with E-state index in [9.17, 15) is 9.59 Å². The lowest BCUT2D eigenvalue weighted by Gasteiger charge is -2.30. The second-order valence-corrected chi connectivity index (χ2v) is 6.36. The van der Waals surface area contributed by atoms with E-state index in [1.807, 2.05) is 36.9 Å². The lowest BCUT2D eigenvalue weighted by atomic mass is 10.00. The lowest BCUT2D eigenvalue weighted by molar-refractivity contribution is -0.120. The Balaban J connectivity index is 1.81. The van der Waals surface area contributed by atoms with E-state index in [0.29, 0.717) is 0 Å². The highest BCUT2D eigenvalue weighted by atomic mass is 16.2. The van der Waals surface area contributed by atoms with Crippen molar-refractivity contribution in [2.45, 2.75) is 39.5 Å². The third-order valence-corrected chi connectivity index (χ3v) is 4.18. The highest BCUT2D eigenvalue weighted by Crippen LogP contribution is 2.36. The molecule has 1 aliphatic heterocycles. The Labute approximate surface area is 125 Å². The third-order valence-electron chi connectivity index (χ3n) is 4.18. The van der Waals surface area contributed by atoms with E-state index in [1.54, 1.807) is 0 Å². The van der Waals surface area contributed by atoms with Gasteiger partial charge in [0.25, 0.3) is 0 Å². The molecule has 0 saturated heterocycles. The zero-order valence-electron chi connectivity index (χ0n) is 12.7. The molecule has 0 aromatic heterocycles. The van der Waals surface area contributed by atoms with Gasteiger partial charge in [-0.3, -0.25) is 9.59 Å². The van der Waals surface area contributed by atoms with Crippen LogP contribution in [0.4, 0.5) is 11.4 Å². The summed E-state index contributed by atoms with van der Waals surface area (Å²) in [6.45, 7) is 4.58. The van der Waals surface area contributed by atoms with Gasteiger partial charge in [0.15, 0.2) is 0 Å². The molecule has 1 N–H and O–H groups in total. The van der Waals surface area contributed by atoms with E-state index < -0.39 is 0 Å². The van der Waals surface area contributed by atoms with Crippen molar-refractivity contribution in [1.29, 1.82) is 0 Å². The van der Waals surface area contributed by atoms with Crippen LogP contribution in [0.25, 0.3) is 0 Å². The zero-order valence-corrected chi connectivity index (χ0v) is 12.7. The monoisotopic (exact) mass is 286 g/mol. The van der Waals surface area contributed by atoms with Crippen molar-refractivity contribution in [2.75, 3.05) is 16.8 Å². The number of carbonyl (C=O) groups excluding carboxylic acids is 2. The van der Waals surface area contributed by atoms with Gasteiger partial charge in [0.1, 0.15) is 0 Å². The molecule has 2 amide bonds. The van der Waals surface area contributed by atoms with Gasteiger partial charge in [-0.1, -0.05) is 13.8 Å². The smallest absolute Gasteiger partial charge is 0.230 e. The predicted octanol–water partition coefficient (Wildman–Crippen LogP) is 2.97. The Morgan fingerprint density at radius 3 is 2.71 bits per heavy atom. The highest BCUT2D eigenvalue weighted by Gasteiger charge is 2.35. The molecule has 0 spiro atoms. The van der Waals surface area contributed by atoms with Crippen LogP contribution in [-0.2, 0) is 16.0 Å². The Kier molecular flexibility index (Phi) is 3.70. The number of nitrogens with zero attached hydrogens (tertiary/aromatic N) is 1. The first-order chi connectivity index (χ1) is 10.1. The summed E-state index contributed by atoms with van der Waals surface area (Å²) in [5, 5.41) is 2.93. The maximum absolute atomic E-state index is 12.3. The minimum absolute atomic E-state index is 0.0247. The molecule has 112 valence electrons. The van der Waals surface area contributed by atoms with Gasteiger partial charge in [-0.2, -0.15) is 0 Å². The summed E-state index contributed by atoms with van der Waals surface area (Å²) in [5.41, 5.74) is 3.02. The molecule has 1 fully saturated rings. The number of hydrogen-bond acceptors (Lipinski definition) is 2. The summed E-state index contributed by atoms with van der Waals surface area (Å²) >= 11 is 0. The van der Waals surface area contributed by atoms with Crippen LogP contribution < -0.4 is 10.2 Å². The molecule has 0 unspecified atom stereocenters. The van der Waals surface area contributed by atoms with Crippen LogP contribution in [0.15, 0.2) is 18.2 Å². The van der Waals surface area contributed by atoms with Crippen LogP contribution >= 0.6 is 0 Å². The summed E-state index contributed by atoms with van der Waals surface area (Å²) in [7, 11) is 0. The van der Waals surface area contributed by atoms with Crippen molar-refractivity contribution in [2.24, 2.45) is 11.8 Å². The number of amides is 2. The van der Waals surface area contributed by atoms with Gasteiger partial charge < -0.3 is 10.2 Å². The van der Waals surface area contributed by atoms with E-state index in [-0.39, 0.29) is 23.7 Å². The van der Waals surface area contributed by atoms with Crippen molar-refractivity contribution >= 4 is 23.2 Å². The summed E-state index contributed by atoms with van der Waals surface area (Å²) in [6, 6.07) is 5.89. The van der Waals surface area contributed by atoms with Crippen LogP contribution in [0, 0.1) is 11.8 Å². The van der Waals surface area contributed by atoms with Gasteiger partial charge in [0.2, 0.25) is 11.8 Å². The third kappa shape index (κ3) is 2.94. The number of benzene rings is 1. The molecule has 4 heteroatoms. The number of aryl methyl sites for hydroxylation is 1. The van der Waals surface area contributed by atoms with E-state index in [2.05, 4.69) is 5.32 Å². The number of rotatable bonds is 3. The fourth-order valence-corrected chi connectivity index (χ4v) is 2.74. The van der Waals surface area contributed by atoms with Crippen molar-refractivity contribution in [3.05, 3.63) is 23.8 Å². The molecule has 21 heavy (non-hydrogen) atoms. The summed E-state index contributed by atoms with van der Waals surface area (Å²) < 4.78 is 0. The minimum atomic E-state index is -0.0334. The van der Waals surface area contributed by atoms with Gasteiger partial charge >= 0.3 is 0 Å². The first kappa shape index (κ1) is 14.1. The lowest BCUT2D eigenvalue weighted by Crippen LogP contribution is -2.36. The zero-order chi connectivity index (χ0) is 15.0. The molecule has 1 heterocycles. The second kappa shape index (κ2) is 5.51. The van der Waals surface area contributed by atoms with Crippen molar-refractivity contribution in [3.63, 3.8) is 0 Å². The Morgan fingerprint density at radius 2 is 2.05 bits per heavy atom. The Hall–Kier alpha value is -1.84. The SMILES string of the molecule is CC(C)C(=O)Nc1ccc2c(c1)CCCN2C(=O)C1CC1. The molecular weight excluding hydrogens is 264 g/mol. The topological polar surface area (TPSA) is 49.4 Å². The van der Waals surface area contributed by atoms with Crippen molar-refractivity contribution < 1.29 is 9.59 Å².